The maximum absolute atomic E-state index is 13.2. The predicted molar refractivity (Wildman–Crippen MR) is 144 cm³/mol. The standard InChI is InChI=1S/C31H33N3O2/c1-20(2)25-9-7-10-26(17-25)22(4)33-31(35)27-12-13-30-29(18-27)21(3)23(5)34(30)19-24-8-6-11-28(16-24)36-15-14-32/h6-13,16-18,20,22H,15,19H2,1-5H3,(H,33,35). The van der Waals surface area contributed by atoms with Crippen LogP contribution in [-0.2, 0) is 6.54 Å². The van der Waals surface area contributed by atoms with E-state index in [0.717, 1.165) is 33.3 Å². The quantitative estimate of drug-likeness (QED) is 0.301. The van der Waals surface area contributed by atoms with Crippen molar-refractivity contribution in [1.29, 1.82) is 5.26 Å². The second kappa shape index (κ2) is 10.7. The van der Waals surface area contributed by atoms with Crippen molar-refractivity contribution in [3.8, 4) is 11.8 Å². The molecule has 1 heterocycles. The van der Waals surface area contributed by atoms with Gasteiger partial charge in [0, 0.05) is 28.7 Å². The van der Waals surface area contributed by atoms with E-state index in [1.807, 2.05) is 49.4 Å². The van der Waals surface area contributed by atoms with Crippen LogP contribution in [0, 0.1) is 25.2 Å². The Bertz CT molecular complexity index is 1440. The number of hydrogen-bond donors (Lipinski definition) is 1. The van der Waals surface area contributed by atoms with Crippen LogP contribution in [-0.4, -0.2) is 17.1 Å². The highest BCUT2D eigenvalue weighted by Gasteiger charge is 2.17. The second-order valence-corrected chi connectivity index (χ2v) is 9.64. The molecule has 1 aromatic heterocycles. The second-order valence-electron chi connectivity index (χ2n) is 9.64. The van der Waals surface area contributed by atoms with Gasteiger partial charge >= 0.3 is 0 Å². The number of benzene rings is 3. The van der Waals surface area contributed by atoms with Gasteiger partial charge in [-0.3, -0.25) is 4.79 Å². The first-order valence-electron chi connectivity index (χ1n) is 12.4. The van der Waals surface area contributed by atoms with Gasteiger partial charge in [0.1, 0.15) is 11.8 Å². The maximum Gasteiger partial charge on any atom is 0.251 e. The maximum atomic E-state index is 13.2. The van der Waals surface area contributed by atoms with Crippen LogP contribution in [0.15, 0.2) is 66.7 Å². The number of aromatic nitrogens is 1. The van der Waals surface area contributed by atoms with E-state index in [4.69, 9.17) is 10.00 Å². The van der Waals surface area contributed by atoms with E-state index in [9.17, 15) is 4.79 Å². The lowest BCUT2D eigenvalue weighted by Gasteiger charge is -2.16. The zero-order valence-corrected chi connectivity index (χ0v) is 21.6. The van der Waals surface area contributed by atoms with E-state index in [1.165, 1.54) is 5.56 Å². The van der Waals surface area contributed by atoms with E-state index >= 15 is 0 Å². The molecule has 0 spiro atoms. The average Bonchev–Trinajstić information content (AvgIpc) is 3.12. The number of amides is 1. The minimum atomic E-state index is -0.0881. The first-order valence-corrected chi connectivity index (χ1v) is 12.4. The van der Waals surface area contributed by atoms with Gasteiger partial charge in [-0.2, -0.15) is 5.26 Å². The summed E-state index contributed by atoms with van der Waals surface area (Å²) in [6.07, 6.45) is 0. The molecule has 5 nitrogen and oxygen atoms in total. The molecular weight excluding hydrogens is 446 g/mol. The van der Waals surface area contributed by atoms with E-state index in [-0.39, 0.29) is 18.6 Å². The van der Waals surface area contributed by atoms with Gasteiger partial charge in [0.2, 0.25) is 0 Å². The van der Waals surface area contributed by atoms with Crippen molar-refractivity contribution in [3.63, 3.8) is 0 Å². The molecule has 0 fully saturated rings. The monoisotopic (exact) mass is 479 g/mol. The fraction of sp³-hybridized carbons (Fsp3) is 0.290. The topological polar surface area (TPSA) is 67.0 Å². The summed E-state index contributed by atoms with van der Waals surface area (Å²) in [5, 5.41) is 13.0. The molecule has 3 aromatic carbocycles. The van der Waals surface area contributed by atoms with Crippen LogP contribution in [0.2, 0.25) is 0 Å². The Hall–Kier alpha value is -4.04. The van der Waals surface area contributed by atoms with Crippen molar-refractivity contribution >= 4 is 16.8 Å². The summed E-state index contributed by atoms with van der Waals surface area (Å²) in [6, 6.07) is 24.1. The van der Waals surface area contributed by atoms with Crippen LogP contribution >= 0.6 is 0 Å². The third kappa shape index (κ3) is 5.28. The van der Waals surface area contributed by atoms with Crippen molar-refractivity contribution in [2.45, 2.75) is 53.1 Å². The van der Waals surface area contributed by atoms with E-state index < -0.39 is 0 Å². The summed E-state index contributed by atoms with van der Waals surface area (Å²) in [6.45, 7) is 11.3. The van der Waals surface area contributed by atoms with Crippen LogP contribution < -0.4 is 10.1 Å². The molecule has 36 heavy (non-hydrogen) atoms. The summed E-state index contributed by atoms with van der Waals surface area (Å²) in [4.78, 5) is 13.2. The number of nitrogens with one attached hydrogen (secondary N) is 1. The highest BCUT2D eigenvalue weighted by atomic mass is 16.5. The Morgan fingerprint density at radius 1 is 1.00 bits per heavy atom. The Morgan fingerprint density at radius 2 is 1.75 bits per heavy atom. The average molecular weight is 480 g/mol. The minimum absolute atomic E-state index is 0.0284. The van der Waals surface area contributed by atoms with Crippen molar-refractivity contribution in [2.75, 3.05) is 6.61 Å². The highest BCUT2D eigenvalue weighted by molar-refractivity contribution is 5.99. The molecule has 1 amide bonds. The fourth-order valence-electron chi connectivity index (χ4n) is 4.58. The fourth-order valence-corrected chi connectivity index (χ4v) is 4.58. The number of fused-ring (bicyclic) bond motifs is 1. The molecule has 0 bridgehead atoms. The molecule has 184 valence electrons. The van der Waals surface area contributed by atoms with E-state index in [0.29, 0.717) is 23.8 Å². The number of ether oxygens (including phenoxy) is 1. The zero-order chi connectivity index (χ0) is 25.8. The Morgan fingerprint density at radius 3 is 2.50 bits per heavy atom. The summed E-state index contributed by atoms with van der Waals surface area (Å²) >= 11 is 0. The van der Waals surface area contributed by atoms with Crippen molar-refractivity contribution in [2.24, 2.45) is 0 Å². The number of nitriles is 1. The highest BCUT2D eigenvalue weighted by Crippen LogP contribution is 2.28. The van der Waals surface area contributed by atoms with Gasteiger partial charge in [0.15, 0.2) is 6.61 Å². The van der Waals surface area contributed by atoms with Gasteiger partial charge in [0.25, 0.3) is 5.91 Å². The molecule has 4 rings (SSSR count). The first-order chi connectivity index (χ1) is 17.3. The molecular formula is C31H33N3O2. The Kier molecular flexibility index (Phi) is 7.45. The van der Waals surface area contributed by atoms with Crippen LogP contribution in [0.25, 0.3) is 10.9 Å². The number of hydrogen-bond acceptors (Lipinski definition) is 3. The number of rotatable bonds is 8. The lowest BCUT2D eigenvalue weighted by Crippen LogP contribution is -2.26. The summed E-state index contributed by atoms with van der Waals surface area (Å²) in [5.74, 6) is 1.05. The molecule has 1 N–H and O–H groups in total. The van der Waals surface area contributed by atoms with Crippen molar-refractivity contribution < 1.29 is 9.53 Å². The molecule has 0 saturated carbocycles. The molecule has 4 aromatic rings. The van der Waals surface area contributed by atoms with Crippen molar-refractivity contribution in [1.82, 2.24) is 9.88 Å². The Balaban J connectivity index is 1.57. The van der Waals surface area contributed by atoms with Crippen molar-refractivity contribution in [3.05, 3.63) is 100 Å². The molecule has 0 aliphatic heterocycles. The number of carbonyl (C=O) groups excluding carboxylic acids is 1. The Labute approximate surface area is 213 Å². The molecule has 1 atom stereocenters. The number of carbonyl (C=O) groups is 1. The summed E-state index contributed by atoms with van der Waals surface area (Å²) < 4.78 is 7.73. The lowest BCUT2D eigenvalue weighted by molar-refractivity contribution is 0.0940. The molecule has 0 aliphatic rings. The van der Waals surface area contributed by atoms with E-state index in [2.05, 4.69) is 67.9 Å². The van der Waals surface area contributed by atoms with Crippen LogP contribution in [0.1, 0.15) is 71.0 Å². The largest absolute Gasteiger partial charge is 0.479 e. The van der Waals surface area contributed by atoms with E-state index in [1.54, 1.807) is 0 Å². The van der Waals surface area contributed by atoms with Gasteiger partial charge in [-0.05, 0) is 79.3 Å². The third-order valence-corrected chi connectivity index (χ3v) is 6.87. The molecule has 5 heteroatoms. The van der Waals surface area contributed by atoms with Crippen LogP contribution in [0.4, 0.5) is 0 Å². The van der Waals surface area contributed by atoms with Gasteiger partial charge in [-0.15, -0.1) is 0 Å². The smallest absolute Gasteiger partial charge is 0.251 e. The van der Waals surface area contributed by atoms with Crippen LogP contribution in [0.5, 0.6) is 5.75 Å². The zero-order valence-electron chi connectivity index (χ0n) is 21.6. The SMILES string of the molecule is Cc1c(C)n(Cc2cccc(OCC#N)c2)c2ccc(C(=O)NC(C)c3cccc(C(C)C)c3)cc12. The number of aryl methyl sites for hydroxylation is 1. The molecule has 0 aliphatic carbocycles. The summed E-state index contributed by atoms with van der Waals surface area (Å²) in [7, 11) is 0. The molecule has 0 radical (unpaired) electrons. The van der Waals surface area contributed by atoms with Gasteiger partial charge < -0.3 is 14.6 Å². The minimum Gasteiger partial charge on any atom is -0.479 e. The first kappa shape index (κ1) is 25.1. The molecule has 0 saturated heterocycles. The summed E-state index contributed by atoms with van der Waals surface area (Å²) in [5.41, 5.74) is 7.52. The number of nitrogens with zero attached hydrogens (tertiary/aromatic N) is 2. The van der Waals surface area contributed by atoms with Gasteiger partial charge in [0.05, 0.1) is 6.04 Å². The molecule has 1 unspecified atom stereocenters. The van der Waals surface area contributed by atoms with Crippen LogP contribution in [0.3, 0.4) is 0 Å². The normalized spacial score (nSPS) is 11.9. The lowest BCUT2D eigenvalue weighted by atomic mass is 9.98. The van der Waals surface area contributed by atoms with Gasteiger partial charge in [-0.25, -0.2) is 0 Å². The third-order valence-electron chi connectivity index (χ3n) is 6.87. The van der Waals surface area contributed by atoms with Gasteiger partial charge in [-0.1, -0.05) is 50.2 Å². The predicted octanol–water partition coefficient (Wildman–Crippen LogP) is 6.82.